The zero-order valence-electron chi connectivity index (χ0n) is 13.0. The van der Waals surface area contributed by atoms with Crippen molar-refractivity contribution in [2.45, 2.75) is 13.8 Å². The van der Waals surface area contributed by atoms with Crippen LogP contribution in [-0.2, 0) is 9.59 Å². The highest BCUT2D eigenvalue weighted by atomic mass is 32.1. The van der Waals surface area contributed by atoms with Crippen LogP contribution in [0.3, 0.4) is 0 Å². The lowest BCUT2D eigenvalue weighted by Crippen LogP contribution is -2.52. The van der Waals surface area contributed by atoms with Gasteiger partial charge in [-0.25, -0.2) is 9.78 Å². The largest absolute Gasteiger partial charge is 0.349 e. The summed E-state index contributed by atoms with van der Waals surface area (Å²) in [6, 6.07) is -0.625. The SMILES string of the molecule is CCN(CC)c1ncc(C=C2C(=O)N(C)C(=O)N(C)C2=O)s1. The highest BCUT2D eigenvalue weighted by Gasteiger charge is 2.37. The molecule has 1 saturated heterocycles. The summed E-state index contributed by atoms with van der Waals surface area (Å²) in [6.45, 7) is 5.73. The predicted octanol–water partition coefficient (Wildman–Crippen LogP) is 1.42. The van der Waals surface area contributed by atoms with Crippen LogP contribution in [0.25, 0.3) is 6.08 Å². The molecular weight excluding hydrogens is 304 g/mol. The molecule has 0 radical (unpaired) electrons. The number of carbonyl (C=O) groups is 3. The fourth-order valence-corrected chi connectivity index (χ4v) is 3.09. The van der Waals surface area contributed by atoms with Gasteiger partial charge in [-0.3, -0.25) is 19.4 Å². The van der Waals surface area contributed by atoms with Gasteiger partial charge in [-0.1, -0.05) is 11.3 Å². The third kappa shape index (κ3) is 2.74. The van der Waals surface area contributed by atoms with Gasteiger partial charge in [0.05, 0.1) is 4.88 Å². The number of thiazole rings is 1. The van der Waals surface area contributed by atoms with Gasteiger partial charge in [0.1, 0.15) is 5.57 Å². The highest BCUT2D eigenvalue weighted by molar-refractivity contribution is 7.16. The molecule has 1 aliphatic rings. The Morgan fingerprint density at radius 2 is 1.68 bits per heavy atom. The number of rotatable bonds is 4. The summed E-state index contributed by atoms with van der Waals surface area (Å²) >= 11 is 1.40. The Balaban J connectivity index is 2.34. The second-order valence-electron chi connectivity index (χ2n) is 4.79. The van der Waals surface area contributed by atoms with Crippen LogP contribution in [0.15, 0.2) is 11.8 Å². The van der Waals surface area contributed by atoms with E-state index < -0.39 is 17.8 Å². The van der Waals surface area contributed by atoms with Crippen molar-refractivity contribution >= 4 is 40.4 Å². The smallest absolute Gasteiger partial charge is 0.333 e. The number of aromatic nitrogens is 1. The van der Waals surface area contributed by atoms with Gasteiger partial charge < -0.3 is 4.90 Å². The van der Waals surface area contributed by atoms with Gasteiger partial charge in [0.25, 0.3) is 11.8 Å². The van der Waals surface area contributed by atoms with E-state index in [9.17, 15) is 14.4 Å². The lowest BCUT2D eigenvalue weighted by Gasteiger charge is -2.28. The van der Waals surface area contributed by atoms with Crippen LogP contribution in [0.4, 0.5) is 9.93 Å². The third-order valence-corrected chi connectivity index (χ3v) is 4.48. The summed E-state index contributed by atoms with van der Waals surface area (Å²) in [4.78, 5) is 44.9. The Hall–Kier alpha value is -2.22. The molecule has 118 valence electrons. The van der Waals surface area contributed by atoms with Gasteiger partial charge in [0.2, 0.25) is 0 Å². The van der Waals surface area contributed by atoms with Gasteiger partial charge in [-0.2, -0.15) is 0 Å². The van der Waals surface area contributed by atoms with E-state index >= 15 is 0 Å². The van der Waals surface area contributed by atoms with Gasteiger partial charge in [-0.15, -0.1) is 0 Å². The van der Waals surface area contributed by atoms with Crippen LogP contribution in [0.2, 0.25) is 0 Å². The third-order valence-electron chi connectivity index (χ3n) is 3.48. The first-order chi connectivity index (χ1) is 10.4. The van der Waals surface area contributed by atoms with Crippen LogP contribution < -0.4 is 4.90 Å². The summed E-state index contributed by atoms with van der Waals surface area (Å²) in [5.41, 5.74) is -0.0284. The standard InChI is InChI=1S/C14H18N4O3S/c1-5-18(6-2)13-15-8-9(22-13)7-10-11(19)16(3)14(21)17(4)12(10)20/h7-8H,5-6H2,1-4H3. The molecule has 1 fully saturated rings. The summed E-state index contributed by atoms with van der Waals surface area (Å²) < 4.78 is 0. The predicted molar refractivity (Wildman–Crippen MR) is 84.6 cm³/mol. The number of hydrogen-bond donors (Lipinski definition) is 0. The minimum Gasteiger partial charge on any atom is -0.349 e. The molecule has 0 aromatic carbocycles. The number of hydrogen-bond acceptors (Lipinski definition) is 6. The quantitative estimate of drug-likeness (QED) is 0.619. The maximum absolute atomic E-state index is 12.1. The molecule has 7 nitrogen and oxygen atoms in total. The van der Waals surface area contributed by atoms with E-state index in [0.29, 0.717) is 4.88 Å². The molecule has 0 N–H and O–H groups in total. The molecule has 1 aromatic rings. The average molecular weight is 322 g/mol. The molecule has 0 spiro atoms. The fraction of sp³-hybridized carbons (Fsp3) is 0.429. The number of likely N-dealkylation sites (N-methyl/N-ethyl adjacent to an activating group) is 2. The maximum atomic E-state index is 12.1. The van der Waals surface area contributed by atoms with E-state index in [2.05, 4.69) is 9.88 Å². The first-order valence-electron chi connectivity index (χ1n) is 6.93. The zero-order chi connectivity index (χ0) is 16.4. The molecule has 0 aliphatic carbocycles. The summed E-state index contributed by atoms with van der Waals surface area (Å²) in [5, 5.41) is 0.838. The Morgan fingerprint density at radius 1 is 1.14 bits per heavy atom. The number of carbonyl (C=O) groups excluding carboxylic acids is 3. The van der Waals surface area contributed by atoms with Gasteiger partial charge in [0.15, 0.2) is 5.13 Å². The molecule has 2 rings (SSSR count). The molecule has 0 bridgehead atoms. The van der Waals surface area contributed by atoms with Crippen molar-refractivity contribution in [2.75, 3.05) is 32.1 Å². The summed E-state index contributed by atoms with van der Waals surface area (Å²) in [7, 11) is 2.71. The number of imide groups is 2. The minimum absolute atomic E-state index is 0.0284. The molecule has 0 atom stereocenters. The Kier molecular flexibility index (Phi) is 4.60. The highest BCUT2D eigenvalue weighted by Crippen LogP contribution is 2.26. The summed E-state index contributed by atoms with van der Waals surface area (Å²) in [6.07, 6.45) is 3.12. The maximum Gasteiger partial charge on any atom is 0.333 e. The zero-order valence-corrected chi connectivity index (χ0v) is 13.8. The van der Waals surface area contributed by atoms with Crippen LogP contribution >= 0.6 is 11.3 Å². The number of nitrogens with zero attached hydrogens (tertiary/aromatic N) is 4. The van der Waals surface area contributed by atoms with E-state index in [-0.39, 0.29) is 5.57 Å². The number of urea groups is 1. The molecule has 1 aromatic heterocycles. The van der Waals surface area contributed by atoms with E-state index in [0.717, 1.165) is 28.0 Å². The van der Waals surface area contributed by atoms with Gasteiger partial charge in [0, 0.05) is 33.4 Å². The van der Waals surface area contributed by atoms with Crippen molar-refractivity contribution in [3.63, 3.8) is 0 Å². The van der Waals surface area contributed by atoms with Crippen molar-refractivity contribution < 1.29 is 14.4 Å². The van der Waals surface area contributed by atoms with Crippen molar-refractivity contribution in [2.24, 2.45) is 0 Å². The lowest BCUT2D eigenvalue weighted by atomic mass is 10.1. The molecule has 22 heavy (non-hydrogen) atoms. The Bertz CT molecular complexity index is 622. The molecule has 2 heterocycles. The van der Waals surface area contributed by atoms with Crippen molar-refractivity contribution in [1.82, 2.24) is 14.8 Å². The molecular formula is C14H18N4O3S. The van der Waals surface area contributed by atoms with Crippen molar-refractivity contribution in [1.29, 1.82) is 0 Å². The number of anilines is 1. The minimum atomic E-state index is -0.625. The summed E-state index contributed by atoms with van der Waals surface area (Å²) in [5.74, 6) is -1.18. The van der Waals surface area contributed by atoms with Crippen LogP contribution in [-0.4, -0.2) is 59.8 Å². The average Bonchev–Trinajstić information content (AvgIpc) is 2.97. The van der Waals surface area contributed by atoms with Gasteiger partial charge in [-0.05, 0) is 19.9 Å². The van der Waals surface area contributed by atoms with E-state index in [1.165, 1.54) is 31.5 Å². The Morgan fingerprint density at radius 3 is 2.18 bits per heavy atom. The number of barbiturate groups is 1. The monoisotopic (exact) mass is 322 g/mol. The van der Waals surface area contributed by atoms with Crippen LogP contribution in [0.1, 0.15) is 18.7 Å². The topological polar surface area (TPSA) is 73.8 Å². The molecule has 1 aliphatic heterocycles. The van der Waals surface area contributed by atoms with Crippen molar-refractivity contribution in [3.8, 4) is 0 Å². The molecule has 8 heteroatoms. The van der Waals surface area contributed by atoms with Gasteiger partial charge >= 0.3 is 6.03 Å². The first kappa shape index (κ1) is 16.2. The van der Waals surface area contributed by atoms with Crippen LogP contribution in [0, 0.1) is 0 Å². The molecule has 0 unspecified atom stereocenters. The Labute approximate surface area is 132 Å². The second kappa shape index (κ2) is 6.27. The second-order valence-corrected chi connectivity index (χ2v) is 5.83. The lowest BCUT2D eigenvalue weighted by molar-refractivity contribution is -0.134. The van der Waals surface area contributed by atoms with E-state index in [1.807, 2.05) is 13.8 Å². The molecule has 0 saturated carbocycles. The first-order valence-corrected chi connectivity index (χ1v) is 7.74. The molecule has 4 amide bonds. The van der Waals surface area contributed by atoms with E-state index in [1.54, 1.807) is 6.20 Å². The normalized spacial score (nSPS) is 15.6. The number of amides is 4. The fourth-order valence-electron chi connectivity index (χ4n) is 2.10. The van der Waals surface area contributed by atoms with Crippen LogP contribution in [0.5, 0.6) is 0 Å². The van der Waals surface area contributed by atoms with E-state index in [4.69, 9.17) is 0 Å². The van der Waals surface area contributed by atoms with Crippen molar-refractivity contribution in [3.05, 3.63) is 16.6 Å².